The van der Waals surface area contributed by atoms with Crippen LogP contribution in [0.25, 0.3) is 11.1 Å². The molecule has 0 saturated heterocycles. The SMILES string of the molecule is COc1ccc(-c2cc(Nc3ccc(C#N)nn3)ccc2OC(F)F)cc1. The molecule has 6 nitrogen and oxygen atoms in total. The summed E-state index contributed by atoms with van der Waals surface area (Å²) in [4.78, 5) is 0. The van der Waals surface area contributed by atoms with Crippen LogP contribution in [-0.4, -0.2) is 23.9 Å². The lowest BCUT2D eigenvalue weighted by Crippen LogP contribution is -2.04. The van der Waals surface area contributed by atoms with Gasteiger partial charge in [-0.05, 0) is 48.0 Å². The van der Waals surface area contributed by atoms with Crippen LogP contribution in [0.4, 0.5) is 20.3 Å². The normalized spacial score (nSPS) is 10.3. The number of hydrogen-bond acceptors (Lipinski definition) is 6. The highest BCUT2D eigenvalue weighted by Gasteiger charge is 2.13. The predicted octanol–water partition coefficient (Wildman–Crippen LogP) is 4.37. The van der Waals surface area contributed by atoms with E-state index in [2.05, 4.69) is 20.3 Å². The molecule has 0 fully saturated rings. The number of alkyl halides is 2. The summed E-state index contributed by atoms with van der Waals surface area (Å²) in [7, 11) is 1.55. The lowest BCUT2D eigenvalue weighted by molar-refractivity contribution is -0.0494. The molecule has 0 aliphatic carbocycles. The molecule has 0 unspecified atom stereocenters. The highest BCUT2D eigenvalue weighted by molar-refractivity contribution is 5.76. The Balaban J connectivity index is 1.94. The maximum atomic E-state index is 12.8. The van der Waals surface area contributed by atoms with Gasteiger partial charge in [0.25, 0.3) is 0 Å². The topological polar surface area (TPSA) is 80.1 Å². The fraction of sp³-hybridized carbons (Fsp3) is 0.105. The summed E-state index contributed by atoms with van der Waals surface area (Å²) in [5.41, 5.74) is 1.95. The predicted molar refractivity (Wildman–Crippen MR) is 95.1 cm³/mol. The number of nitrogens with zero attached hydrogens (tertiary/aromatic N) is 3. The number of nitrogens with one attached hydrogen (secondary N) is 1. The van der Waals surface area contributed by atoms with E-state index in [9.17, 15) is 8.78 Å². The third kappa shape index (κ3) is 4.46. The van der Waals surface area contributed by atoms with Crippen molar-refractivity contribution in [3.8, 4) is 28.7 Å². The van der Waals surface area contributed by atoms with Crippen molar-refractivity contribution in [1.29, 1.82) is 5.26 Å². The molecule has 0 radical (unpaired) electrons. The van der Waals surface area contributed by atoms with Crippen LogP contribution in [-0.2, 0) is 0 Å². The van der Waals surface area contributed by atoms with Gasteiger partial charge >= 0.3 is 6.61 Å². The molecule has 0 aliphatic rings. The highest BCUT2D eigenvalue weighted by atomic mass is 19.3. The Morgan fingerprint density at radius 2 is 1.81 bits per heavy atom. The van der Waals surface area contributed by atoms with Gasteiger partial charge in [-0.15, -0.1) is 10.2 Å². The number of anilines is 2. The van der Waals surface area contributed by atoms with E-state index in [1.165, 1.54) is 12.1 Å². The molecule has 1 N–H and O–H groups in total. The van der Waals surface area contributed by atoms with E-state index >= 15 is 0 Å². The fourth-order valence-corrected chi connectivity index (χ4v) is 2.41. The summed E-state index contributed by atoms with van der Waals surface area (Å²) in [6.45, 7) is -2.94. The quantitative estimate of drug-likeness (QED) is 0.696. The van der Waals surface area contributed by atoms with Gasteiger partial charge in [-0.1, -0.05) is 12.1 Å². The summed E-state index contributed by atoms with van der Waals surface area (Å²) < 4.78 is 35.3. The molecular formula is C19H14F2N4O2. The minimum atomic E-state index is -2.94. The second-order valence-electron chi connectivity index (χ2n) is 5.36. The average molecular weight is 368 g/mol. The molecule has 0 aliphatic heterocycles. The zero-order valence-corrected chi connectivity index (χ0v) is 14.2. The van der Waals surface area contributed by atoms with Crippen LogP contribution in [0, 0.1) is 11.3 Å². The minimum Gasteiger partial charge on any atom is -0.497 e. The van der Waals surface area contributed by atoms with Crippen molar-refractivity contribution < 1.29 is 18.3 Å². The minimum absolute atomic E-state index is 0.0478. The zero-order chi connectivity index (χ0) is 19.2. The van der Waals surface area contributed by atoms with Crippen LogP contribution in [0.5, 0.6) is 11.5 Å². The van der Waals surface area contributed by atoms with E-state index in [4.69, 9.17) is 10.00 Å². The monoisotopic (exact) mass is 368 g/mol. The molecule has 0 amide bonds. The third-order valence-electron chi connectivity index (χ3n) is 3.65. The molecule has 0 bridgehead atoms. The van der Waals surface area contributed by atoms with Gasteiger partial charge in [0.1, 0.15) is 17.6 Å². The van der Waals surface area contributed by atoms with Gasteiger partial charge in [-0.2, -0.15) is 14.0 Å². The molecule has 1 aromatic heterocycles. The van der Waals surface area contributed by atoms with Gasteiger partial charge in [-0.3, -0.25) is 0 Å². The summed E-state index contributed by atoms with van der Waals surface area (Å²) in [5.74, 6) is 1.11. The summed E-state index contributed by atoms with van der Waals surface area (Å²) in [6.07, 6.45) is 0. The largest absolute Gasteiger partial charge is 0.497 e. The van der Waals surface area contributed by atoms with E-state index in [-0.39, 0.29) is 11.4 Å². The molecule has 0 saturated carbocycles. The second kappa shape index (κ2) is 8.10. The first kappa shape index (κ1) is 18.1. The number of hydrogen-bond donors (Lipinski definition) is 1. The van der Waals surface area contributed by atoms with Gasteiger partial charge in [0.15, 0.2) is 11.5 Å². The number of nitriles is 1. The summed E-state index contributed by atoms with van der Waals surface area (Å²) >= 11 is 0. The molecule has 0 atom stereocenters. The van der Waals surface area contributed by atoms with Crippen molar-refractivity contribution in [3.63, 3.8) is 0 Å². The lowest BCUT2D eigenvalue weighted by Gasteiger charge is -2.14. The Bertz CT molecular complexity index is 955. The molecule has 3 rings (SSSR count). The van der Waals surface area contributed by atoms with E-state index in [0.717, 1.165) is 0 Å². The first-order chi connectivity index (χ1) is 13.1. The Labute approximate surface area is 154 Å². The number of aromatic nitrogens is 2. The second-order valence-corrected chi connectivity index (χ2v) is 5.36. The first-order valence-corrected chi connectivity index (χ1v) is 7.83. The van der Waals surface area contributed by atoms with E-state index in [1.54, 1.807) is 49.6 Å². The molecule has 2 aromatic carbocycles. The Hall–Kier alpha value is -3.73. The van der Waals surface area contributed by atoms with Crippen molar-refractivity contribution in [1.82, 2.24) is 10.2 Å². The van der Waals surface area contributed by atoms with Crippen molar-refractivity contribution in [3.05, 3.63) is 60.3 Å². The zero-order valence-electron chi connectivity index (χ0n) is 14.2. The van der Waals surface area contributed by atoms with E-state index in [0.29, 0.717) is 28.4 Å². The highest BCUT2D eigenvalue weighted by Crippen LogP contribution is 2.35. The van der Waals surface area contributed by atoms with Crippen LogP contribution in [0.15, 0.2) is 54.6 Å². The Morgan fingerprint density at radius 1 is 1.04 bits per heavy atom. The number of rotatable bonds is 6. The Morgan fingerprint density at radius 3 is 2.41 bits per heavy atom. The molecule has 27 heavy (non-hydrogen) atoms. The fourth-order valence-electron chi connectivity index (χ4n) is 2.41. The molecule has 8 heteroatoms. The average Bonchev–Trinajstić information content (AvgIpc) is 2.69. The van der Waals surface area contributed by atoms with Crippen LogP contribution < -0.4 is 14.8 Å². The van der Waals surface area contributed by atoms with Crippen LogP contribution in [0.1, 0.15) is 5.69 Å². The van der Waals surface area contributed by atoms with Crippen molar-refractivity contribution in [2.75, 3.05) is 12.4 Å². The molecule has 3 aromatic rings. The molecule has 0 spiro atoms. The van der Waals surface area contributed by atoms with Crippen molar-refractivity contribution >= 4 is 11.5 Å². The first-order valence-electron chi connectivity index (χ1n) is 7.83. The van der Waals surface area contributed by atoms with Gasteiger partial charge in [0, 0.05) is 11.3 Å². The van der Waals surface area contributed by atoms with Gasteiger partial charge in [-0.25, -0.2) is 0 Å². The number of methoxy groups -OCH3 is 1. The lowest BCUT2D eigenvalue weighted by atomic mass is 10.0. The molecular weight excluding hydrogens is 354 g/mol. The van der Waals surface area contributed by atoms with Crippen LogP contribution in [0.2, 0.25) is 0 Å². The molecule has 136 valence electrons. The van der Waals surface area contributed by atoms with Crippen LogP contribution >= 0.6 is 0 Å². The smallest absolute Gasteiger partial charge is 0.387 e. The number of benzene rings is 2. The summed E-state index contributed by atoms with van der Waals surface area (Å²) in [6, 6.07) is 16.7. The van der Waals surface area contributed by atoms with Gasteiger partial charge in [0.05, 0.1) is 7.11 Å². The standard InChI is InChI=1S/C19H14F2N4O2/c1-26-15-6-2-12(3-7-15)16-10-13(4-8-17(16)27-19(20)21)23-18-9-5-14(11-22)24-25-18/h2-10,19H,1H3,(H,23,25). The van der Waals surface area contributed by atoms with E-state index in [1.807, 2.05) is 6.07 Å². The van der Waals surface area contributed by atoms with Gasteiger partial charge in [0.2, 0.25) is 0 Å². The maximum Gasteiger partial charge on any atom is 0.387 e. The van der Waals surface area contributed by atoms with Crippen LogP contribution in [0.3, 0.4) is 0 Å². The maximum absolute atomic E-state index is 12.8. The Kier molecular flexibility index (Phi) is 5.42. The third-order valence-corrected chi connectivity index (χ3v) is 3.65. The number of ether oxygens (including phenoxy) is 2. The molecule has 1 heterocycles. The number of halogens is 2. The summed E-state index contributed by atoms with van der Waals surface area (Å²) in [5, 5.41) is 19.4. The van der Waals surface area contributed by atoms with Gasteiger partial charge < -0.3 is 14.8 Å². The van der Waals surface area contributed by atoms with Crippen molar-refractivity contribution in [2.45, 2.75) is 6.61 Å². The van der Waals surface area contributed by atoms with E-state index < -0.39 is 6.61 Å². The van der Waals surface area contributed by atoms with Crippen molar-refractivity contribution in [2.24, 2.45) is 0 Å².